The summed E-state index contributed by atoms with van der Waals surface area (Å²) in [6.07, 6.45) is 1.64. The van der Waals surface area contributed by atoms with E-state index in [0.717, 1.165) is 40.8 Å². The molecule has 1 aromatic heterocycles. The first-order valence-electron chi connectivity index (χ1n) is 9.86. The van der Waals surface area contributed by atoms with Gasteiger partial charge in [-0.25, -0.2) is 9.97 Å². The maximum Gasteiger partial charge on any atom is 0.324 e. The van der Waals surface area contributed by atoms with Gasteiger partial charge in [0.15, 0.2) is 0 Å². The number of hydrogen-bond acceptors (Lipinski definition) is 4. The topological polar surface area (TPSA) is 52.1 Å². The SMILES string of the molecule is Cc1ccc(OC(=O)C23CCC(C)(c4nc5ccccc5nc42)C3(C)C)cc1. The van der Waals surface area contributed by atoms with Crippen molar-refractivity contribution in [2.45, 2.75) is 51.4 Å². The summed E-state index contributed by atoms with van der Waals surface area (Å²) in [4.78, 5) is 23.6. The van der Waals surface area contributed by atoms with Gasteiger partial charge in [0.05, 0.1) is 22.4 Å². The maximum atomic E-state index is 13.6. The van der Waals surface area contributed by atoms with Crippen LogP contribution in [0, 0.1) is 12.3 Å². The van der Waals surface area contributed by atoms with E-state index in [1.165, 1.54) is 0 Å². The third-order valence-corrected chi connectivity index (χ3v) is 7.52. The summed E-state index contributed by atoms with van der Waals surface area (Å²) in [6, 6.07) is 15.5. The Morgan fingerprint density at radius 1 is 0.893 bits per heavy atom. The first-order chi connectivity index (χ1) is 13.3. The van der Waals surface area contributed by atoms with Gasteiger partial charge in [-0.1, -0.05) is 50.6 Å². The predicted octanol–water partition coefficient (Wildman–Crippen LogP) is 4.87. The van der Waals surface area contributed by atoms with E-state index in [2.05, 4.69) is 20.8 Å². The van der Waals surface area contributed by atoms with Crippen molar-refractivity contribution >= 4 is 17.0 Å². The number of hydrogen-bond donors (Lipinski definition) is 0. The van der Waals surface area contributed by atoms with Crippen LogP contribution in [0.5, 0.6) is 5.75 Å². The number of para-hydroxylation sites is 2. The number of aryl methyl sites for hydroxylation is 1. The molecule has 2 atom stereocenters. The summed E-state index contributed by atoms with van der Waals surface area (Å²) in [6.45, 7) is 8.59. The summed E-state index contributed by atoms with van der Waals surface area (Å²) in [5, 5.41) is 0. The molecule has 2 aliphatic carbocycles. The van der Waals surface area contributed by atoms with Crippen LogP contribution in [0.25, 0.3) is 11.0 Å². The summed E-state index contributed by atoms with van der Waals surface area (Å²) in [5.74, 6) is 0.366. The van der Waals surface area contributed by atoms with Crippen LogP contribution in [0.3, 0.4) is 0 Å². The van der Waals surface area contributed by atoms with Crippen LogP contribution >= 0.6 is 0 Å². The van der Waals surface area contributed by atoms with Crippen LogP contribution < -0.4 is 4.74 Å². The molecule has 2 unspecified atom stereocenters. The van der Waals surface area contributed by atoms with Crippen molar-refractivity contribution < 1.29 is 9.53 Å². The first kappa shape index (κ1) is 17.4. The normalized spacial score (nSPS) is 27.0. The lowest BCUT2D eigenvalue weighted by Crippen LogP contribution is -2.48. The molecule has 0 spiro atoms. The van der Waals surface area contributed by atoms with Gasteiger partial charge < -0.3 is 4.74 Å². The van der Waals surface area contributed by atoms with E-state index < -0.39 is 5.41 Å². The number of carbonyl (C=O) groups is 1. The van der Waals surface area contributed by atoms with Crippen LogP contribution in [0.2, 0.25) is 0 Å². The van der Waals surface area contributed by atoms with E-state index in [1.807, 2.05) is 55.5 Å². The van der Waals surface area contributed by atoms with E-state index >= 15 is 0 Å². The van der Waals surface area contributed by atoms with Gasteiger partial charge in [0.25, 0.3) is 0 Å². The molecule has 3 aromatic rings. The van der Waals surface area contributed by atoms with Gasteiger partial charge in [-0.3, -0.25) is 4.79 Å². The quantitative estimate of drug-likeness (QED) is 0.475. The van der Waals surface area contributed by atoms with Gasteiger partial charge in [-0.15, -0.1) is 0 Å². The predicted molar refractivity (Wildman–Crippen MR) is 108 cm³/mol. The Morgan fingerprint density at radius 2 is 1.50 bits per heavy atom. The van der Waals surface area contributed by atoms with Crippen LogP contribution in [-0.4, -0.2) is 15.9 Å². The number of fused-ring (bicyclic) bond motifs is 6. The van der Waals surface area contributed by atoms with Gasteiger partial charge in [0, 0.05) is 5.41 Å². The highest BCUT2D eigenvalue weighted by Gasteiger charge is 2.74. The average molecular weight is 372 g/mol. The fraction of sp³-hybridized carbons (Fsp3) is 0.375. The second-order valence-corrected chi connectivity index (χ2v) is 8.97. The molecule has 0 aliphatic heterocycles. The number of rotatable bonds is 2. The molecule has 0 N–H and O–H groups in total. The second-order valence-electron chi connectivity index (χ2n) is 8.97. The standard InChI is InChI=1S/C24H24N2O2/c1-15-9-11-16(12-10-15)28-21(27)24-14-13-23(4,22(24,2)3)19-20(24)26-18-8-6-5-7-17(18)25-19/h5-12H,13-14H2,1-4H3. The molecule has 0 radical (unpaired) electrons. The summed E-state index contributed by atoms with van der Waals surface area (Å²) < 4.78 is 5.92. The third-order valence-electron chi connectivity index (χ3n) is 7.52. The van der Waals surface area contributed by atoms with Crippen LogP contribution in [0.4, 0.5) is 0 Å². The fourth-order valence-corrected chi connectivity index (χ4v) is 5.30. The van der Waals surface area contributed by atoms with Gasteiger partial charge >= 0.3 is 5.97 Å². The van der Waals surface area contributed by atoms with Gasteiger partial charge in [0.2, 0.25) is 0 Å². The Bertz CT molecular complexity index is 1120. The summed E-state index contributed by atoms with van der Waals surface area (Å²) >= 11 is 0. The van der Waals surface area contributed by atoms with E-state index in [-0.39, 0.29) is 16.8 Å². The minimum Gasteiger partial charge on any atom is -0.426 e. The van der Waals surface area contributed by atoms with Crippen molar-refractivity contribution in [3.63, 3.8) is 0 Å². The lowest BCUT2D eigenvalue weighted by molar-refractivity contribution is -0.145. The Morgan fingerprint density at radius 3 is 2.14 bits per heavy atom. The molecule has 2 aromatic carbocycles. The van der Waals surface area contributed by atoms with E-state index in [1.54, 1.807) is 0 Å². The Hall–Kier alpha value is -2.75. The van der Waals surface area contributed by atoms with Gasteiger partial charge in [-0.2, -0.15) is 0 Å². The number of benzene rings is 2. The molecule has 2 bridgehead atoms. The van der Waals surface area contributed by atoms with Crippen molar-refractivity contribution in [1.82, 2.24) is 9.97 Å². The molecule has 0 amide bonds. The van der Waals surface area contributed by atoms with Crippen LogP contribution in [-0.2, 0) is 15.6 Å². The van der Waals surface area contributed by atoms with Gasteiger partial charge in [-0.05, 0) is 49.4 Å². The zero-order valence-corrected chi connectivity index (χ0v) is 16.7. The number of carbonyl (C=O) groups excluding carboxylic acids is 1. The van der Waals surface area contributed by atoms with E-state index in [9.17, 15) is 4.79 Å². The van der Waals surface area contributed by atoms with Crippen molar-refractivity contribution in [3.8, 4) is 5.75 Å². The molecule has 4 nitrogen and oxygen atoms in total. The van der Waals surface area contributed by atoms with Crippen LogP contribution in [0.15, 0.2) is 48.5 Å². The third kappa shape index (κ3) is 1.93. The Balaban J connectivity index is 1.69. The number of nitrogens with zero attached hydrogens (tertiary/aromatic N) is 2. The lowest BCUT2D eigenvalue weighted by Gasteiger charge is -2.38. The Kier molecular flexibility index (Phi) is 3.35. The van der Waals surface area contributed by atoms with Crippen molar-refractivity contribution in [2.24, 2.45) is 5.41 Å². The van der Waals surface area contributed by atoms with Crippen molar-refractivity contribution in [1.29, 1.82) is 0 Å². The second kappa shape index (κ2) is 5.40. The molecule has 28 heavy (non-hydrogen) atoms. The number of ether oxygens (including phenoxy) is 1. The lowest BCUT2D eigenvalue weighted by atomic mass is 9.64. The highest BCUT2D eigenvalue weighted by Crippen LogP contribution is 2.70. The molecule has 5 rings (SSSR count). The molecule has 0 saturated heterocycles. The largest absolute Gasteiger partial charge is 0.426 e. The molecule has 1 heterocycles. The van der Waals surface area contributed by atoms with E-state index in [0.29, 0.717) is 5.75 Å². The van der Waals surface area contributed by atoms with Gasteiger partial charge in [0.1, 0.15) is 11.2 Å². The van der Waals surface area contributed by atoms with Crippen molar-refractivity contribution in [3.05, 3.63) is 65.5 Å². The number of esters is 1. The molecule has 142 valence electrons. The molecule has 2 aliphatic rings. The molecule has 4 heteroatoms. The van der Waals surface area contributed by atoms with E-state index in [4.69, 9.17) is 14.7 Å². The highest BCUT2D eigenvalue weighted by atomic mass is 16.5. The molecule has 1 fully saturated rings. The summed E-state index contributed by atoms with van der Waals surface area (Å²) in [5.41, 5.74) is 3.30. The number of aromatic nitrogens is 2. The first-order valence-corrected chi connectivity index (χ1v) is 9.86. The summed E-state index contributed by atoms with van der Waals surface area (Å²) in [7, 11) is 0. The van der Waals surface area contributed by atoms with Crippen LogP contribution in [0.1, 0.15) is 50.6 Å². The smallest absolute Gasteiger partial charge is 0.324 e. The zero-order chi connectivity index (χ0) is 19.7. The highest BCUT2D eigenvalue weighted by molar-refractivity contribution is 5.90. The zero-order valence-electron chi connectivity index (χ0n) is 16.7. The average Bonchev–Trinajstić information content (AvgIpc) is 2.98. The minimum atomic E-state index is -0.779. The maximum absolute atomic E-state index is 13.6. The monoisotopic (exact) mass is 372 g/mol. The molecular weight excluding hydrogens is 348 g/mol. The Labute approximate surface area is 165 Å². The molecule has 1 saturated carbocycles. The van der Waals surface area contributed by atoms with Crippen molar-refractivity contribution in [2.75, 3.05) is 0 Å². The minimum absolute atomic E-state index is 0.203. The molecular formula is C24H24N2O2. The fourth-order valence-electron chi connectivity index (χ4n) is 5.30.